The molecule has 0 aliphatic heterocycles. The lowest BCUT2D eigenvalue weighted by molar-refractivity contribution is 0.257. The van der Waals surface area contributed by atoms with Gasteiger partial charge in [0.05, 0.1) is 5.69 Å². The standard InChI is InChI=1S/C11H18N2O/c1-11(5-3-2-4-6-11)10-13-9(7-12)8-14-10/h8H,2-7,12H2,1H3. The summed E-state index contributed by atoms with van der Waals surface area (Å²) in [7, 11) is 0. The van der Waals surface area contributed by atoms with Crippen LogP contribution in [0.3, 0.4) is 0 Å². The van der Waals surface area contributed by atoms with Crippen molar-refractivity contribution in [2.45, 2.75) is 51.0 Å². The minimum atomic E-state index is 0.158. The smallest absolute Gasteiger partial charge is 0.200 e. The van der Waals surface area contributed by atoms with Gasteiger partial charge in [0.2, 0.25) is 0 Å². The molecule has 0 bridgehead atoms. The van der Waals surface area contributed by atoms with Crippen LogP contribution in [0.25, 0.3) is 0 Å². The van der Waals surface area contributed by atoms with Gasteiger partial charge in [0.25, 0.3) is 0 Å². The lowest BCUT2D eigenvalue weighted by atomic mass is 9.76. The summed E-state index contributed by atoms with van der Waals surface area (Å²) in [6, 6.07) is 0. The summed E-state index contributed by atoms with van der Waals surface area (Å²) >= 11 is 0. The summed E-state index contributed by atoms with van der Waals surface area (Å²) in [6.45, 7) is 2.72. The van der Waals surface area contributed by atoms with Gasteiger partial charge in [-0.15, -0.1) is 0 Å². The zero-order valence-corrected chi connectivity index (χ0v) is 8.75. The highest BCUT2D eigenvalue weighted by Crippen LogP contribution is 2.38. The molecule has 0 aromatic carbocycles. The Bertz CT molecular complexity index is 300. The molecule has 1 heterocycles. The van der Waals surface area contributed by atoms with Crippen LogP contribution in [0.5, 0.6) is 0 Å². The quantitative estimate of drug-likeness (QED) is 0.786. The van der Waals surface area contributed by atoms with E-state index >= 15 is 0 Å². The zero-order valence-electron chi connectivity index (χ0n) is 8.75. The topological polar surface area (TPSA) is 52.0 Å². The molecule has 0 saturated heterocycles. The molecule has 0 atom stereocenters. The minimum Gasteiger partial charge on any atom is -0.448 e. The monoisotopic (exact) mass is 194 g/mol. The summed E-state index contributed by atoms with van der Waals surface area (Å²) in [5.74, 6) is 0.887. The number of hydrogen-bond donors (Lipinski definition) is 1. The normalized spacial score (nSPS) is 21.0. The first-order valence-electron chi connectivity index (χ1n) is 5.39. The number of hydrogen-bond acceptors (Lipinski definition) is 3. The summed E-state index contributed by atoms with van der Waals surface area (Å²) in [6.07, 6.45) is 8.00. The SMILES string of the molecule is CC1(c2nc(CN)co2)CCCCC1. The summed E-state index contributed by atoms with van der Waals surface area (Å²) in [5, 5.41) is 0. The minimum absolute atomic E-state index is 0.158. The van der Waals surface area contributed by atoms with Crippen LogP contribution < -0.4 is 5.73 Å². The Hall–Kier alpha value is -0.830. The number of rotatable bonds is 2. The van der Waals surface area contributed by atoms with Crippen LogP contribution in [0.15, 0.2) is 10.7 Å². The molecule has 0 spiro atoms. The Kier molecular flexibility index (Phi) is 2.59. The molecule has 2 N–H and O–H groups in total. The molecule has 3 nitrogen and oxygen atoms in total. The first-order valence-corrected chi connectivity index (χ1v) is 5.39. The van der Waals surface area contributed by atoms with Crippen molar-refractivity contribution < 1.29 is 4.42 Å². The van der Waals surface area contributed by atoms with Crippen LogP contribution in [0.2, 0.25) is 0 Å². The van der Waals surface area contributed by atoms with E-state index in [1.165, 1.54) is 32.1 Å². The maximum atomic E-state index is 5.51. The number of oxazole rings is 1. The first kappa shape index (κ1) is 9.71. The van der Waals surface area contributed by atoms with Crippen LogP contribution in [-0.2, 0) is 12.0 Å². The van der Waals surface area contributed by atoms with Gasteiger partial charge >= 0.3 is 0 Å². The molecular weight excluding hydrogens is 176 g/mol. The van der Waals surface area contributed by atoms with E-state index < -0.39 is 0 Å². The van der Waals surface area contributed by atoms with Crippen LogP contribution in [0.1, 0.15) is 50.6 Å². The second-order valence-electron chi connectivity index (χ2n) is 4.47. The maximum absolute atomic E-state index is 5.51. The van der Waals surface area contributed by atoms with Crippen molar-refractivity contribution in [2.75, 3.05) is 0 Å². The predicted octanol–water partition coefficient (Wildman–Crippen LogP) is 2.36. The van der Waals surface area contributed by atoms with Crippen LogP contribution in [0, 0.1) is 0 Å². The molecule has 1 aliphatic carbocycles. The van der Waals surface area contributed by atoms with Gasteiger partial charge in [-0.1, -0.05) is 26.2 Å². The summed E-state index contributed by atoms with van der Waals surface area (Å²) in [4.78, 5) is 4.43. The molecule has 14 heavy (non-hydrogen) atoms. The highest BCUT2D eigenvalue weighted by Gasteiger charge is 2.33. The fourth-order valence-corrected chi connectivity index (χ4v) is 2.22. The van der Waals surface area contributed by atoms with Crippen LogP contribution in [-0.4, -0.2) is 4.98 Å². The number of nitrogens with two attached hydrogens (primary N) is 1. The van der Waals surface area contributed by atoms with Gasteiger partial charge in [-0.25, -0.2) is 4.98 Å². The molecule has 1 aromatic heterocycles. The van der Waals surface area contributed by atoms with Crippen molar-refractivity contribution in [3.05, 3.63) is 17.8 Å². The third-order valence-corrected chi connectivity index (χ3v) is 3.23. The molecule has 0 amide bonds. The van der Waals surface area contributed by atoms with Crippen molar-refractivity contribution >= 4 is 0 Å². The van der Waals surface area contributed by atoms with Crippen molar-refractivity contribution in [3.63, 3.8) is 0 Å². The molecule has 1 fully saturated rings. The zero-order chi connectivity index (χ0) is 10.0. The Morgan fingerprint density at radius 2 is 2.14 bits per heavy atom. The fourth-order valence-electron chi connectivity index (χ4n) is 2.22. The number of nitrogens with zero attached hydrogens (tertiary/aromatic N) is 1. The van der Waals surface area contributed by atoms with E-state index in [1.807, 2.05) is 0 Å². The van der Waals surface area contributed by atoms with Crippen LogP contribution in [0.4, 0.5) is 0 Å². The second-order valence-corrected chi connectivity index (χ2v) is 4.47. The van der Waals surface area contributed by atoms with Crippen molar-refractivity contribution in [1.29, 1.82) is 0 Å². The largest absolute Gasteiger partial charge is 0.448 e. The molecule has 1 aliphatic rings. The highest BCUT2D eigenvalue weighted by molar-refractivity contribution is 5.07. The first-order chi connectivity index (χ1) is 6.74. The van der Waals surface area contributed by atoms with Crippen molar-refractivity contribution in [2.24, 2.45) is 5.73 Å². The lowest BCUT2D eigenvalue weighted by Crippen LogP contribution is -2.25. The molecule has 0 radical (unpaired) electrons. The van der Waals surface area contributed by atoms with Gasteiger partial charge in [-0.2, -0.15) is 0 Å². The number of aromatic nitrogens is 1. The molecule has 2 rings (SSSR count). The molecule has 78 valence electrons. The lowest BCUT2D eigenvalue weighted by Gasteiger charge is -2.30. The molecule has 1 aromatic rings. The van der Waals surface area contributed by atoms with E-state index in [0.717, 1.165) is 11.6 Å². The fraction of sp³-hybridized carbons (Fsp3) is 0.727. The van der Waals surface area contributed by atoms with E-state index in [1.54, 1.807) is 6.26 Å². The van der Waals surface area contributed by atoms with Crippen molar-refractivity contribution in [1.82, 2.24) is 4.98 Å². The van der Waals surface area contributed by atoms with E-state index in [2.05, 4.69) is 11.9 Å². The molecule has 3 heteroatoms. The van der Waals surface area contributed by atoms with E-state index in [9.17, 15) is 0 Å². The Morgan fingerprint density at radius 3 is 2.71 bits per heavy atom. The maximum Gasteiger partial charge on any atom is 0.200 e. The van der Waals surface area contributed by atoms with E-state index in [0.29, 0.717) is 6.54 Å². The Morgan fingerprint density at radius 1 is 1.43 bits per heavy atom. The predicted molar refractivity (Wildman–Crippen MR) is 54.8 cm³/mol. The summed E-state index contributed by atoms with van der Waals surface area (Å²) in [5.41, 5.74) is 6.54. The second kappa shape index (κ2) is 3.73. The Balaban J connectivity index is 2.19. The summed E-state index contributed by atoms with van der Waals surface area (Å²) < 4.78 is 5.51. The van der Waals surface area contributed by atoms with Gasteiger partial charge < -0.3 is 10.2 Å². The highest BCUT2D eigenvalue weighted by atomic mass is 16.3. The third kappa shape index (κ3) is 1.69. The molecule has 0 unspecified atom stereocenters. The van der Waals surface area contributed by atoms with Gasteiger partial charge in [0.1, 0.15) is 6.26 Å². The van der Waals surface area contributed by atoms with E-state index in [-0.39, 0.29) is 5.41 Å². The molecule has 1 saturated carbocycles. The van der Waals surface area contributed by atoms with Gasteiger partial charge in [0, 0.05) is 12.0 Å². The van der Waals surface area contributed by atoms with Gasteiger partial charge in [0.15, 0.2) is 5.89 Å². The van der Waals surface area contributed by atoms with Gasteiger partial charge in [-0.3, -0.25) is 0 Å². The van der Waals surface area contributed by atoms with E-state index in [4.69, 9.17) is 10.2 Å². The van der Waals surface area contributed by atoms with Crippen molar-refractivity contribution in [3.8, 4) is 0 Å². The van der Waals surface area contributed by atoms with Gasteiger partial charge in [-0.05, 0) is 12.8 Å². The van der Waals surface area contributed by atoms with Crippen LogP contribution >= 0.6 is 0 Å². The average Bonchev–Trinajstić information content (AvgIpc) is 2.67. The third-order valence-electron chi connectivity index (χ3n) is 3.23. The Labute approximate surface area is 84.7 Å². The average molecular weight is 194 g/mol. The molecular formula is C11H18N2O.